The van der Waals surface area contributed by atoms with Gasteiger partial charge < -0.3 is 10.2 Å². The van der Waals surface area contributed by atoms with Crippen molar-refractivity contribution in [2.75, 3.05) is 45.6 Å². The molecular weight excluding hydrogens is 502 g/mol. The lowest BCUT2D eigenvalue weighted by atomic mass is 10.0. The molecule has 0 radical (unpaired) electrons. The quantitative estimate of drug-likeness (QED) is 0.589. The van der Waals surface area contributed by atoms with Gasteiger partial charge in [0.05, 0.1) is 10.5 Å². The molecule has 0 atom stereocenters. The molecule has 0 aliphatic carbocycles. The number of sulfonamides is 1. The van der Waals surface area contributed by atoms with Crippen LogP contribution in [0.2, 0.25) is 0 Å². The Kier molecular flexibility index (Phi) is 7.79. The standard InChI is InChI=1S/C24H31N5O5S2/c1-4-28-14-11-18-19(15-28)35-23(20(18)22(31)26-24(32)27(2)3)25-21(30)16-7-9-17(10-8-16)36(33,34)29-12-5-6-13-29/h7-10H,4-6,11-15H2,1-3H3,(H,25,30)(H,26,31,32). The van der Waals surface area contributed by atoms with E-state index < -0.39 is 27.9 Å². The molecule has 0 saturated carbocycles. The summed E-state index contributed by atoms with van der Waals surface area (Å²) >= 11 is 1.33. The minimum atomic E-state index is -3.58. The van der Waals surface area contributed by atoms with Gasteiger partial charge in [-0.3, -0.25) is 19.8 Å². The minimum Gasteiger partial charge on any atom is -0.331 e. The lowest BCUT2D eigenvalue weighted by Crippen LogP contribution is -2.39. The number of likely N-dealkylation sites (N-methyl/N-ethyl adjacent to an activating group) is 1. The van der Waals surface area contributed by atoms with Crippen LogP contribution in [0.5, 0.6) is 0 Å². The second-order valence-electron chi connectivity index (χ2n) is 9.07. The molecule has 3 heterocycles. The first-order valence-corrected chi connectivity index (χ1v) is 14.2. The molecule has 1 aromatic heterocycles. The molecule has 194 valence electrons. The molecule has 4 amide bonds. The van der Waals surface area contributed by atoms with Gasteiger partial charge in [-0.2, -0.15) is 4.31 Å². The van der Waals surface area contributed by atoms with Gasteiger partial charge in [0, 0.05) is 50.7 Å². The predicted molar refractivity (Wildman–Crippen MR) is 138 cm³/mol. The van der Waals surface area contributed by atoms with E-state index in [1.54, 1.807) is 14.1 Å². The molecule has 0 bridgehead atoms. The van der Waals surface area contributed by atoms with Crippen molar-refractivity contribution in [3.8, 4) is 0 Å². The van der Waals surface area contributed by atoms with Gasteiger partial charge in [-0.05, 0) is 55.6 Å². The molecule has 1 aromatic carbocycles. The van der Waals surface area contributed by atoms with E-state index in [1.807, 2.05) is 0 Å². The third kappa shape index (κ3) is 5.31. The summed E-state index contributed by atoms with van der Waals surface area (Å²) in [5, 5.41) is 5.58. The van der Waals surface area contributed by atoms with Crippen LogP contribution < -0.4 is 10.6 Å². The predicted octanol–water partition coefficient (Wildman–Crippen LogP) is 2.57. The fraction of sp³-hybridized carbons (Fsp3) is 0.458. The maximum Gasteiger partial charge on any atom is 0.323 e. The highest BCUT2D eigenvalue weighted by molar-refractivity contribution is 7.89. The van der Waals surface area contributed by atoms with Gasteiger partial charge in [-0.1, -0.05) is 6.92 Å². The lowest BCUT2D eigenvalue weighted by Gasteiger charge is -2.25. The van der Waals surface area contributed by atoms with Crippen molar-refractivity contribution in [2.45, 2.75) is 37.6 Å². The molecule has 1 saturated heterocycles. The zero-order valence-corrected chi connectivity index (χ0v) is 22.3. The number of imide groups is 1. The number of thiophene rings is 1. The Labute approximate surface area is 215 Å². The van der Waals surface area contributed by atoms with E-state index in [2.05, 4.69) is 22.5 Å². The van der Waals surface area contributed by atoms with Crippen molar-refractivity contribution in [1.29, 1.82) is 0 Å². The van der Waals surface area contributed by atoms with Crippen LogP contribution in [-0.2, 0) is 23.0 Å². The molecule has 2 aliphatic rings. The summed E-state index contributed by atoms with van der Waals surface area (Å²) in [5.41, 5.74) is 1.42. The molecule has 12 heteroatoms. The molecule has 2 N–H and O–H groups in total. The zero-order chi connectivity index (χ0) is 26.0. The van der Waals surface area contributed by atoms with Gasteiger partial charge in [-0.15, -0.1) is 11.3 Å². The maximum absolute atomic E-state index is 13.1. The van der Waals surface area contributed by atoms with Crippen LogP contribution in [0.1, 0.15) is 50.9 Å². The molecule has 1 fully saturated rings. The van der Waals surface area contributed by atoms with E-state index in [-0.39, 0.29) is 10.5 Å². The van der Waals surface area contributed by atoms with Crippen LogP contribution in [0.4, 0.5) is 9.80 Å². The zero-order valence-electron chi connectivity index (χ0n) is 20.7. The second kappa shape index (κ2) is 10.7. The van der Waals surface area contributed by atoms with E-state index in [9.17, 15) is 22.8 Å². The second-order valence-corrected chi connectivity index (χ2v) is 12.1. The maximum atomic E-state index is 13.1. The van der Waals surface area contributed by atoms with Gasteiger partial charge in [0.1, 0.15) is 5.00 Å². The number of carbonyl (C=O) groups is 3. The van der Waals surface area contributed by atoms with Gasteiger partial charge in [0.2, 0.25) is 10.0 Å². The number of urea groups is 1. The van der Waals surface area contributed by atoms with Gasteiger partial charge in [0.25, 0.3) is 11.8 Å². The summed E-state index contributed by atoms with van der Waals surface area (Å²) in [6, 6.07) is 5.27. The number of fused-ring (bicyclic) bond motifs is 1. The first-order valence-electron chi connectivity index (χ1n) is 11.9. The highest BCUT2D eigenvalue weighted by atomic mass is 32.2. The van der Waals surface area contributed by atoms with E-state index >= 15 is 0 Å². The number of amides is 4. The van der Waals surface area contributed by atoms with Crippen LogP contribution >= 0.6 is 11.3 Å². The summed E-state index contributed by atoms with van der Waals surface area (Å²) < 4.78 is 27.0. The molecule has 10 nitrogen and oxygen atoms in total. The smallest absolute Gasteiger partial charge is 0.323 e. The van der Waals surface area contributed by atoms with Crippen molar-refractivity contribution in [3.05, 3.63) is 45.8 Å². The Morgan fingerprint density at radius 3 is 2.31 bits per heavy atom. The summed E-state index contributed by atoms with van der Waals surface area (Å²) in [6.45, 7) is 5.39. The number of rotatable bonds is 6. The van der Waals surface area contributed by atoms with Gasteiger partial charge >= 0.3 is 6.03 Å². The number of carbonyl (C=O) groups excluding carboxylic acids is 3. The summed E-state index contributed by atoms with van der Waals surface area (Å²) in [6.07, 6.45) is 2.32. The Morgan fingerprint density at radius 2 is 1.69 bits per heavy atom. The van der Waals surface area contributed by atoms with E-state index in [4.69, 9.17) is 0 Å². The minimum absolute atomic E-state index is 0.148. The monoisotopic (exact) mass is 533 g/mol. The van der Waals surface area contributed by atoms with Crippen LogP contribution in [0.15, 0.2) is 29.2 Å². The average molecular weight is 534 g/mol. The number of hydrogen-bond acceptors (Lipinski definition) is 7. The lowest BCUT2D eigenvalue weighted by molar-refractivity contribution is 0.0956. The fourth-order valence-corrected chi connectivity index (χ4v) is 7.16. The third-order valence-electron chi connectivity index (χ3n) is 6.48. The Hall–Kier alpha value is -2.80. The van der Waals surface area contributed by atoms with E-state index in [0.717, 1.165) is 36.4 Å². The van der Waals surface area contributed by atoms with Crippen molar-refractivity contribution < 1.29 is 22.8 Å². The number of nitrogens with zero attached hydrogens (tertiary/aromatic N) is 3. The summed E-state index contributed by atoms with van der Waals surface area (Å²) in [4.78, 5) is 42.9. The van der Waals surface area contributed by atoms with Gasteiger partial charge in [0.15, 0.2) is 0 Å². The average Bonchev–Trinajstić information content (AvgIpc) is 3.52. The first-order chi connectivity index (χ1) is 17.1. The highest BCUT2D eigenvalue weighted by Gasteiger charge is 2.30. The van der Waals surface area contributed by atoms with Crippen LogP contribution in [0, 0.1) is 0 Å². The molecule has 2 aliphatic heterocycles. The summed E-state index contributed by atoms with van der Waals surface area (Å²) in [5.74, 6) is -1.02. The number of benzene rings is 1. The number of anilines is 1. The Morgan fingerprint density at radius 1 is 1.03 bits per heavy atom. The molecule has 36 heavy (non-hydrogen) atoms. The molecular formula is C24H31N5O5S2. The van der Waals surface area contributed by atoms with Crippen LogP contribution in [0.25, 0.3) is 0 Å². The van der Waals surface area contributed by atoms with E-state index in [1.165, 1.54) is 44.8 Å². The SMILES string of the molecule is CCN1CCc2c(sc(NC(=O)c3ccc(S(=O)(=O)N4CCCC4)cc3)c2C(=O)NC(=O)N(C)C)C1. The molecule has 4 rings (SSSR count). The molecule has 0 unspecified atom stereocenters. The number of hydrogen-bond donors (Lipinski definition) is 2. The van der Waals surface area contributed by atoms with Crippen molar-refractivity contribution in [1.82, 2.24) is 19.4 Å². The normalized spacial score (nSPS) is 16.4. The highest BCUT2D eigenvalue weighted by Crippen LogP contribution is 2.37. The molecule has 2 aromatic rings. The van der Waals surface area contributed by atoms with Crippen molar-refractivity contribution in [3.63, 3.8) is 0 Å². The van der Waals surface area contributed by atoms with Crippen molar-refractivity contribution in [2.24, 2.45) is 0 Å². The van der Waals surface area contributed by atoms with Crippen molar-refractivity contribution >= 4 is 44.2 Å². The number of nitrogens with one attached hydrogen (secondary N) is 2. The van der Waals surface area contributed by atoms with Crippen LogP contribution in [-0.4, -0.2) is 80.6 Å². The van der Waals surface area contributed by atoms with Crippen LogP contribution in [0.3, 0.4) is 0 Å². The Bertz CT molecular complexity index is 1260. The first kappa shape index (κ1) is 26.3. The van der Waals surface area contributed by atoms with E-state index in [0.29, 0.717) is 36.6 Å². The van der Waals surface area contributed by atoms with Gasteiger partial charge in [-0.25, -0.2) is 13.2 Å². The Balaban J connectivity index is 1.58. The topological polar surface area (TPSA) is 119 Å². The third-order valence-corrected chi connectivity index (χ3v) is 9.53. The largest absolute Gasteiger partial charge is 0.331 e. The fourth-order valence-electron chi connectivity index (χ4n) is 4.36. The summed E-state index contributed by atoms with van der Waals surface area (Å²) in [7, 11) is -0.491. The molecule has 0 spiro atoms.